The van der Waals surface area contributed by atoms with Crippen molar-refractivity contribution in [3.05, 3.63) is 36.0 Å². The lowest BCUT2D eigenvalue weighted by molar-refractivity contribution is -0.141. The van der Waals surface area contributed by atoms with Gasteiger partial charge in [-0.05, 0) is 18.1 Å². The lowest BCUT2D eigenvalue weighted by atomic mass is 10.0. The molecule has 2 aromatic rings. The van der Waals surface area contributed by atoms with E-state index in [1.165, 1.54) is 70.6 Å². The highest BCUT2D eigenvalue weighted by Gasteiger charge is 2.21. The van der Waals surface area contributed by atoms with E-state index in [1.807, 2.05) is 30.5 Å². The minimum atomic E-state index is -0.991. The van der Waals surface area contributed by atoms with Crippen LogP contribution < -0.4 is 5.32 Å². The van der Waals surface area contributed by atoms with E-state index in [9.17, 15) is 14.7 Å². The molecule has 5 heteroatoms. The maximum atomic E-state index is 12.3. The van der Waals surface area contributed by atoms with Crippen molar-refractivity contribution in [3.8, 4) is 0 Å². The lowest BCUT2D eigenvalue weighted by Gasteiger charge is -2.14. The highest BCUT2D eigenvalue weighted by molar-refractivity contribution is 5.86. The first kappa shape index (κ1) is 26.9. The fourth-order valence-electron chi connectivity index (χ4n) is 4.47. The van der Waals surface area contributed by atoms with Crippen LogP contribution in [0.4, 0.5) is 0 Å². The fourth-order valence-corrected chi connectivity index (χ4v) is 4.47. The average molecular weight is 457 g/mol. The molecule has 2 rings (SSSR count). The molecule has 0 spiro atoms. The molecule has 1 amide bonds. The number of unbranched alkanes of at least 4 members (excludes halogenated alkanes) is 13. The predicted octanol–water partition coefficient (Wildman–Crippen LogP) is 7.15. The molecule has 5 nitrogen and oxygen atoms in total. The Morgan fingerprint density at radius 2 is 1.39 bits per heavy atom. The number of carboxylic acid groups (broad SMARTS) is 1. The minimum absolute atomic E-state index is 0.166. The topological polar surface area (TPSA) is 82.2 Å². The molecule has 1 heterocycles. The third-order valence-electron chi connectivity index (χ3n) is 6.49. The number of carbonyl (C=O) groups is 2. The maximum absolute atomic E-state index is 12.3. The molecule has 184 valence electrons. The third-order valence-corrected chi connectivity index (χ3v) is 6.49. The zero-order valence-corrected chi connectivity index (χ0v) is 20.5. The van der Waals surface area contributed by atoms with E-state index in [0.717, 1.165) is 35.7 Å². The molecule has 0 bridgehead atoms. The molecular weight excluding hydrogens is 412 g/mol. The van der Waals surface area contributed by atoms with E-state index >= 15 is 0 Å². The van der Waals surface area contributed by atoms with Crippen molar-refractivity contribution in [1.29, 1.82) is 0 Å². The van der Waals surface area contributed by atoms with Crippen LogP contribution in [-0.2, 0) is 16.0 Å². The summed E-state index contributed by atoms with van der Waals surface area (Å²) in [5.74, 6) is -1.16. The Labute approximate surface area is 199 Å². The molecule has 0 unspecified atom stereocenters. The first-order chi connectivity index (χ1) is 16.1. The zero-order chi connectivity index (χ0) is 23.7. The van der Waals surface area contributed by atoms with Gasteiger partial charge in [0.05, 0.1) is 0 Å². The van der Waals surface area contributed by atoms with Crippen molar-refractivity contribution in [2.45, 2.75) is 116 Å². The van der Waals surface area contributed by atoms with Gasteiger partial charge in [-0.15, -0.1) is 0 Å². The highest BCUT2D eigenvalue weighted by atomic mass is 16.4. The number of aliphatic carboxylic acids is 1. The van der Waals surface area contributed by atoms with Crippen LogP contribution in [0.1, 0.15) is 109 Å². The minimum Gasteiger partial charge on any atom is -0.480 e. The second-order valence-corrected chi connectivity index (χ2v) is 9.37. The number of carbonyl (C=O) groups excluding carboxylic acids is 1. The number of H-pyrrole nitrogens is 1. The Bertz CT molecular complexity index is 814. The smallest absolute Gasteiger partial charge is 0.326 e. The second-order valence-electron chi connectivity index (χ2n) is 9.37. The van der Waals surface area contributed by atoms with Gasteiger partial charge in [0.2, 0.25) is 5.91 Å². The van der Waals surface area contributed by atoms with Crippen molar-refractivity contribution in [2.75, 3.05) is 0 Å². The van der Waals surface area contributed by atoms with Gasteiger partial charge in [0.1, 0.15) is 6.04 Å². The molecule has 1 aromatic carbocycles. The van der Waals surface area contributed by atoms with E-state index in [0.29, 0.717) is 6.42 Å². The molecule has 0 aliphatic carbocycles. The number of fused-ring (bicyclic) bond motifs is 1. The Hall–Kier alpha value is -2.30. The Morgan fingerprint density at radius 3 is 1.97 bits per heavy atom. The van der Waals surface area contributed by atoms with Gasteiger partial charge in [0.25, 0.3) is 0 Å². The monoisotopic (exact) mass is 456 g/mol. The van der Waals surface area contributed by atoms with Gasteiger partial charge in [-0.3, -0.25) is 4.79 Å². The number of aromatic nitrogens is 1. The van der Waals surface area contributed by atoms with Gasteiger partial charge < -0.3 is 15.4 Å². The Morgan fingerprint density at radius 1 is 0.848 bits per heavy atom. The molecule has 0 saturated carbocycles. The molecule has 0 saturated heterocycles. The SMILES string of the molecule is CCCCCCCCCCCCCCCCC(=O)N[C@@H](Cc1c[nH]c2ccccc12)C(=O)O. The summed E-state index contributed by atoms with van der Waals surface area (Å²) in [6.45, 7) is 2.26. The molecule has 0 aliphatic rings. The molecule has 33 heavy (non-hydrogen) atoms. The summed E-state index contributed by atoms with van der Waals surface area (Å²) in [5.41, 5.74) is 1.89. The number of amides is 1. The van der Waals surface area contributed by atoms with Gasteiger partial charge >= 0.3 is 5.97 Å². The number of aromatic amines is 1. The molecule has 1 atom stereocenters. The van der Waals surface area contributed by atoms with Crippen molar-refractivity contribution in [3.63, 3.8) is 0 Å². The summed E-state index contributed by atoms with van der Waals surface area (Å²) >= 11 is 0. The normalized spacial score (nSPS) is 12.2. The van der Waals surface area contributed by atoms with E-state index < -0.39 is 12.0 Å². The summed E-state index contributed by atoms with van der Waals surface area (Å²) < 4.78 is 0. The van der Waals surface area contributed by atoms with Gasteiger partial charge in [-0.1, -0.05) is 109 Å². The summed E-state index contributed by atoms with van der Waals surface area (Å²) in [7, 11) is 0. The highest BCUT2D eigenvalue weighted by Crippen LogP contribution is 2.19. The van der Waals surface area contributed by atoms with E-state index in [1.54, 1.807) is 0 Å². The maximum Gasteiger partial charge on any atom is 0.326 e. The predicted molar refractivity (Wildman–Crippen MR) is 136 cm³/mol. The van der Waals surface area contributed by atoms with Crippen LogP contribution in [0.25, 0.3) is 10.9 Å². The van der Waals surface area contributed by atoms with Crippen LogP contribution >= 0.6 is 0 Å². The average Bonchev–Trinajstić information content (AvgIpc) is 3.21. The summed E-state index contributed by atoms with van der Waals surface area (Å²) in [5, 5.41) is 13.3. The van der Waals surface area contributed by atoms with Gasteiger partial charge in [-0.25, -0.2) is 4.79 Å². The standard InChI is InChI=1S/C28H44N2O3/c1-2-3-4-5-6-7-8-9-10-11-12-13-14-15-20-27(31)30-26(28(32)33)21-23-22-29-25-19-17-16-18-24(23)25/h16-19,22,26,29H,2-15,20-21H2,1H3,(H,30,31)(H,32,33)/t26-/m0/s1. The molecule has 1 aromatic heterocycles. The van der Waals surface area contributed by atoms with Crippen LogP contribution in [0.15, 0.2) is 30.5 Å². The Kier molecular flexibility index (Phi) is 13.3. The largest absolute Gasteiger partial charge is 0.480 e. The third kappa shape index (κ3) is 10.9. The van der Waals surface area contributed by atoms with Gasteiger partial charge in [0, 0.05) is 29.9 Å². The van der Waals surface area contributed by atoms with Crippen LogP contribution in [0.3, 0.4) is 0 Å². The number of rotatable bonds is 19. The summed E-state index contributed by atoms with van der Waals surface area (Å²) in [6.07, 6.45) is 20.4. The van der Waals surface area contributed by atoms with E-state index in [-0.39, 0.29) is 12.3 Å². The van der Waals surface area contributed by atoms with Crippen LogP contribution in [-0.4, -0.2) is 28.0 Å². The zero-order valence-electron chi connectivity index (χ0n) is 20.5. The van der Waals surface area contributed by atoms with Gasteiger partial charge in [-0.2, -0.15) is 0 Å². The Balaban J connectivity index is 1.51. The number of hydrogen-bond donors (Lipinski definition) is 3. The molecule has 0 aliphatic heterocycles. The van der Waals surface area contributed by atoms with E-state index in [2.05, 4.69) is 17.2 Å². The number of hydrogen-bond acceptors (Lipinski definition) is 2. The first-order valence-corrected chi connectivity index (χ1v) is 13.2. The first-order valence-electron chi connectivity index (χ1n) is 13.2. The fraction of sp³-hybridized carbons (Fsp3) is 0.643. The summed E-state index contributed by atoms with van der Waals surface area (Å²) in [6, 6.07) is 6.90. The number of para-hydroxylation sites is 1. The van der Waals surface area contributed by atoms with Crippen LogP contribution in [0, 0.1) is 0 Å². The number of benzene rings is 1. The molecular formula is C28H44N2O3. The number of carboxylic acids is 1. The van der Waals surface area contributed by atoms with E-state index in [4.69, 9.17) is 0 Å². The number of nitrogens with one attached hydrogen (secondary N) is 2. The molecule has 0 radical (unpaired) electrons. The molecule has 0 fully saturated rings. The lowest BCUT2D eigenvalue weighted by Crippen LogP contribution is -2.42. The van der Waals surface area contributed by atoms with Gasteiger partial charge in [0.15, 0.2) is 0 Å². The second kappa shape index (κ2) is 16.3. The van der Waals surface area contributed by atoms with Crippen molar-refractivity contribution in [2.24, 2.45) is 0 Å². The van der Waals surface area contributed by atoms with Crippen LogP contribution in [0.5, 0.6) is 0 Å². The summed E-state index contributed by atoms with van der Waals surface area (Å²) in [4.78, 5) is 27.1. The van der Waals surface area contributed by atoms with Crippen molar-refractivity contribution in [1.82, 2.24) is 10.3 Å². The molecule has 3 N–H and O–H groups in total. The quantitative estimate of drug-likeness (QED) is 0.196. The van der Waals surface area contributed by atoms with Crippen molar-refractivity contribution < 1.29 is 14.7 Å². The van der Waals surface area contributed by atoms with Crippen LogP contribution in [0.2, 0.25) is 0 Å². The van der Waals surface area contributed by atoms with Crippen molar-refractivity contribution >= 4 is 22.8 Å².